The van der Waals surface area contributed by atoms with E-state index in [1.807, 2.05) is 0 Å². The van der Waals surface area contributed by atoms with Crippen LogP contribution in [0.2, 0.25) is 18.1 Å². The smallest absolute Gasteiger partial charge is 0.320 e. The highest BCUT2D eigenvalue weighted by molar-refractivity contribution is 6.77. The van der Waals surface area contributed by atoms with E-state index in [1.54, 1.807) is 0 Å². The van der Waals surface area contributed by atoms with Gasteiger partial charge in [-0.05, 0) is 18.0 Å². The largest absolute Gasteiger partial charge is 0.480 e. The van der Waals surface area contributed by atoms with E-state index < -0.39 is 14.2 Å². The number of aliphatic carboxylic acids is 1. The molecule has 90 valence electrons. The molecule has 1 aliphatic rings. The first-order valence-electron chi connectivity index (χ1n) is 5.17. The summed E-state index contributed by atoms with van der Waals surface area (Å²) in [6.45, 7) is 12.2. The van der Waals surface area contributed by atoms with Gasteiger partial charge in [0.25, 0.3) is 0 Å². The molecule has 0 aromatic carbocycles. The van der Waals surface area contributed by atoms with Crippen LogP contribution < -0.4 is 0 Å². The highest BCUT2D eigenvalue weighted by atomic mass is 28.3. The van der Waals surface area contributed by atoms with Gasteiger partial charge < -0.3 is 15.1 Å². The van der Waals surface area contributed by atoms with Gasteiger partial charge in [-0.25, -0.2) is 0 Å². The Hall–Kier alpha value is -0.393. The number of nitrogens with zero attached hydrogens (tertiary/aromatic N) is 1. The average Bonchev–Trinajstić information content (AvgIpc) is 1.77. The lowest BCUT2D eigenvalue weighted by atomic mass is 10.1. The third-order valence-electron chi connectivity index (χ3n) is 3.86. The zero-order valence-electron chi connectivity index (χ0n) is 10.3. The molecule has 4 nitrogen and oxygen atoms in total. The van der Waals surface area contributed by atoms with E-state index in [4.69, 9.17) is 5.11 Å². The van der Waals surface area contributed by atoms with Crippen LogP contribution in [0.15, 0.2) is 0 Å². The minimum Gasteiger partial charge on any atom is -0.480 e. The maximum Gasteiger partial charge on any atom is 0.320 e. The van der Waals surface area contributed by atoms with Gasteiger partial charge in [-0.2, -0.15) is 0 Å². The fourth-order valence-corrected chi connectivity index (χ4v) is 4.31. The summed E-state index contributed by atoms with van der Waals surface area (Å²) in [6, 6.07) is -0.212. The van der Waals surface area contributed by atoms with E-state index in [0.29, 0.717) is 0 Å². The Morgan fingerprint density at radius 3 is 2.07 bits per heavy atom. The van der Waals surface area contributed by atoms with E-state index in [2.05, 4.69) is 38.4 Å². The van der Waals surface area contributed by atoms with Crippen molar-refractivity contribution in [2.75, 3.05) is 6.54 Å². The van der Waals surface area contributed by atoms with E-state index in [-0.39, 0.29) is 16.6 Å². The minimum atomic E-state index is -1.59. The molecule has 0 aromatic heterocycles. The number of carboxylic acid groups (broad SMARTS) is 1. The summed E-state index contributed by atoms with van der Waals surface area (Å²) in [4.78, 5) is 10.9. The molecule has 5 heteroatoms. The fraction of sp³-hybridized carbons (Fsp3) is 0.900. The SMILES string of the molecule is CC(C)(C)[Si](C)(C)N1CCC1C(=O)O.O. The predicted octanol–water partition coefficient (Wildman–Crippen LogP) is 1.33. The maximum absolute atomic E-state index is 10.9. The fourth-order valence-electron chi connectivity index (χ4n) is 1.74. The lowest BCUT2D eigenvalue weighted by molar-refractivity contribution is -0.145. The van der Waals surface area contributed by atoms with Crippen molar-refractivity contribution in [3.8, 4) is 0 Å². The first-order valence-corrected chi connectivity index (χ1v) is 8.12. The van der Waals surface area contributed by atoms with Crippen molar-refractivity contribution in [3.05, 3.63) is 0 Å². The molecule has 3 N–H and O–H groups in total. The van der Waals surface area contributed by atoms with Crippen LogP contribution >= 0.6 is 0 Å². The minimum absolute atomic E-state index is 0. The summed E-state index contributed by atoms with van der Waals surface area (Å²) >= 11 is 0. The van der Waals surface area contributed by atoms with Crippen LogP contribution in [0.1, 0.15) is 27.2 Å². The molecule has 0 aromatic rings. The molecule has 1 unspecified atom stereocenters. The van der Waals surface area contributed by atoms with Crippen molar-refractivity contribution in [2.45, 2.75) is 51.4 Å². The molecular formula is C10H23NO3Si. The standard InChI is InChI=1S/C10H21NO2Si.H2O/c1-10(2,3)14(4,5)11-7-6-8(11)9(12)13;/h8H,6-7H2,1-5H3,(H,12,13);1H2. The molecule has 1 heterocycles. The predicted molar refractivity (Wildman–Crippen MR) is 63.6 cm³/mol. The first-order chi connectivity index (χ1) is 6.18. The molecule has 1 aliphatic heterocycles. The lowest BCUT2D eigenvalue weighted by Crippen LogP contribution is -2.67. The Bertz CT molecular complexity index is 248. The highest BCUT2D eigenvalue weighted by Gasteiger charge is 2.49. The Labute approximate surface area is 92.7 Å². The van der Waals surface area contributed by atoms with Crippen LogP contribution in [-0.2, 0) is 4.79 Å². The van der Waals surface area contributed by atoms with Crippen molar-refractivity contribution in [2.24, 2.45) is 0 Å². The molecule has 1 rings (SSSR count). The Balaban J connectivity index is 0.00000196. The second-order valence-electron chi connectivity index (χ2n) is 5.65. The maximum atomic E-state index is 10.9. The van der Waals surface area contributed by atoms with Gasteiger partial charge in [0.2, 0.25) is 0 Å². The zero-order chi connectivity index (χ0) is 11.1. The molecule has 0 spiro atoms. The summed E-state index contributed by atoms with van der Waals surface area (Å²) in [5.74, 6) is -0.652. The third-order valence-corrected chi connectivity index (χ3v) is 9.50. The molecule has 0 amide bonds. The Morgan fingerprint density at radius 1 is 1.40 bits per heavy atom. The number of hydrogen-bond acceptors (Lipinski definition) is 2. The van der Waals surface area contributed by atoms with Crippen molar-refractivity contribution in [1.82, 2.24) is 4.57 Å². The van der Waals surface area contributed by atoms with Gasteiger partial charge in [0.15, 0.2) is 0 Å². The molecule has 1 saturated heterocycles. The van der Waals surface area contributed by atoms with Gasteiger partial charge in [-0.1, -0.05) is 33.9 Å². The zero-order valence-corrected chi connectivity index (χ0v) is 11.3. The monoisotopic (exact) mass is 233 g/mol. The highest BCUT2D eigenvalue weighted by Crippen LogP contribution is 2.42. The lowest BCUT2D eigenvalue weighted by Gasteiger charge is -2.53. The van der Waals surface area contributed by atoms with Crippen LogP contribution in [-0.4, -0.2) is 41.9 Å². The van der Waals surface area contributed by atoms with E-state index >= 15 is 0 Å². The summed E-state index contributed by atoms with van der Waals surface area (Å²) in [7, 11) is -1.59. The number of carbonyl (C=O) groups is 1. The van der Waals surface area contributed by atoms with Crippen molar-refractivity contribution in [1.29, 1.82) is 0 Å². The van der Waals surface area contributed by atoms with Crippen LogP contribution in [0, 0.1) is 0 Å². The van der Waals surface area contributed by atoms with Crippen LogP contribution in [0.25, 0.3) is 0 Å². The summed E-state index contributed by atoms with van der Waals surface area (Å²) in [5, 5.41) is 9.25. The number of rotatable bonds is 2. The van der Waals surface area contributed by atoms with Gasteiger partial charge in [0.1, 0.15) is 14.3 Å². The number of hydrogen-bond donors (Lipinski definition) is 1. The van der Waals surface area contributed by atoms with Crippen LogP contribution in [0.5, 0.6) is 0 Å². The van der Waals surface area contributed by atoms with Crippen LogP contribution in [0.4, 0.5) is 0 Å². The molecule has 15 heavy (non-hydrogen) atoms. The summed E-state index contributed by atoms with van der Waals surface area (Å²) in [6.07, 6.45) is 0.821. The normalized spacial score (nSPS) is 22.9. The third kappa shape index (κ3) is 2.41. The van der Waals surface area contributed by atoms with Crippen molar-refractivity contribution < 1.29 is 15.4 Å². The quantitative estimate of drug-likeness (QED) is 0.731. The molecule has 1 fully saturated rings. The number of carboxylic acids is 1. The molecule has 0 bridgehead atoms. The van der Waals surface area contributed by atoms with Gasteiger partial charge in [-0.3, -0.25) is 4.79 Å². The van der Waals surface area contributed by atoms with Gasteiger partial charge in [0.05, 0.1) is 0 Å². The Morgan fingerprint density at radius 2 is 1.87 bits per heavy atom. The van der Waals surface area contributed by atoms with E-state index in [9.17, 15) is 4.79 Å². The average molecular weight is 233 g/mol. The second-order valence-corrected chi connectivity index (χ2v) is 10.8. The van der Waals surface area contributed by atoms with E-state index in [1.165, 1.54) is 0 Å². The first kappa shape index (κ1) is 14.6. The Kier molecular flexibility index (Phi) is 4.12. The van der Waals surface area contributed by atoms with Crippen molar-refractivity contribution >= 4 is 14.2 Å². The second kappa shape index (κ2) is 4.23. The van der Waals surface area contributed by atoms with Gasteiger partial charge in [0, 0.05) is 0 Å². The van der Waals surface area contributed by atoms with E-state index in [0.717, 1.165) is 13.0 Å². The van der Waals surface area contributed by atoms with Gasteiger partial charge >= 0.3 is 5.97 Å². The molecule has 1 atom stereocenters. The van der Waals surface area contributed by atoms with Gasteiger partial charge in [-0.15, -0.1) is 0 Å². The summed E-state index contributed by atoms with van der Waals surface area (Å²) in [5.41, 5.74) is 0. The molecule has 0 aliphatic carbocycles. The summed E-state index contributed by atoms with van der Waals surface area (Å²) < 4.78 is 2.23. The van der Waals surface area contributed by atoms with Crippen LogP contribution in [0.3, 0.4) is 0 Å². The molecule has 0 radical (unpaired) electrons. The van der Waals surface area contributed by atoms with Crippen molar-refractivity contribution in [3.63, 3.8) is 0 Å². The topological polar surface area (TPSA) is 72.0 Å². The molecular weight excluding hydrogens is 210 g/mol. The molecule has 0 saturated carbocycles.